The van der Waals surface area contributed by atoms with Crippen LogP contribution in [0.1, 0.15) is 11.1 Å². The first-order valence-electron chi connectivity index (χ1n) is 6.76. The average Bonchev–Trinajstić information content (AvgIpc) is 2.71. The molecule has 1 aliphatic rings. The average molecular weight is 372 g/mol. The molecule has 1 unspecified atom stereocenters. The van der Waals surface area contributed by atoms with Gasteiger partial charge in [0.25, 0.3) is 0 Å². The Labute approximate surface area is 166 Å². The largest absolute Gasteiger partial charge is 1.00 e. The van der Waals surface area contributed by atoms with Crippen molar-refractivity contribution in [2.24, 2.45) is 0 Å². The van der Waals surface area contributed by atoms with Gasteiger partial charge in [0.1, 0.15) is 11.5 Å². The molecule has 5 nitrogen and oxygen atoms in total. The number of hydrogen-bond donors (Lipinski definition) is 0. The van der Waals surface area contributed by atoms with Crippen LogP contribution in [0.5, 0.6) is 5.75 Å². The zero-order chi connectivity index (χ0) is 16.4. The molecule has 0 radical (unpaired) electrons. The molecular weight excluding hydrogens is 358 g/mol. The molecule has 0 saturated heterocycles. The first-order chi connectivity index (χ1) is 11.0. The predicted molar refractivity (Wildman–Crippen MR) is 87.1 cm³/mol. The number of hydrogen-bond acceptors (Lipinski definition) is 6. The number of rotatable bonds is 4. The topological polar surface area (TPSA) is 67.8 Å². The van der Waals surface area contributed by atoms with Crippen molar-refractivity contribution in [1.82, 2.24) is 0 Å². The van der Waals surface area contributed by atoms with E-state index in [2.05, 4.69) is 4.52 Å². The Morgan fingerprint density at radius 2 is 1.83 bits per heavy atom. The standard InChI is InChI=1S/C16H15O5PS.Na/c1-19-13-8-5-7-12-14(21-22(17,18)20-2)10-11-6-3-4-9-15(11)23-16(12)13;/h3-10H,1-2H3,(H,17,18);/q;+1/p-1. The number of phosphoric ester groups is 1. The van der Waals surface area contributed by atoms with Crippen LogP contribution in [0.4, 0.5) is 0 Å². The molecule has 0 spiro atoms. The summed E-state index contributed by atoms with van der Waals surface area (Å²) < 4.78 is 26.8. The Morgan fingerprint density at radius 3 is 2.54 bits per heavy atom. The summed E-state index contributed by atoms with van der Waals surface area (Å²) in [6.07, 6.45) is 1.69. The van der Waals surface area contributed by atoms with Crippen LogP contribution in [-0.2, 0) is 13.6 Å². The molecule has 2 aromatic carbocycles. The third-order valence-corrected chi connectivity index (χ3v) is 5.40. The van der Waals surface area contributed by atoms with E-state index >= 15 is 0 Å². The molecule has 2 aromatic rings. The van der Waals surface area contributed by atoms with Crippen molar-refractivity contribution in [2.75, 3.05) is 14.2 Å². The first-order valence-corrected chi connectivity index (χ1v) is 9.04. The summed E-state index contributed by atoms with van der Waals surface area (Å²) in [7, 11) is -1.78. The van der Waals surface area contributed by atoms with Gasteiger partial charge in [0.15, 0.2) is 0 Å². The van der Waals surface area contributed by atoms with Gasteiger partial charge in [-0.3, -0.25) is 4.57 Å². The van der Waals surface area contributed by atoms with Crippen molar-refractivity contribution in [3.63, 3.8) is 0 Å². The number of ether oxygens (including phenoxy) is 1. The number of methoxy groups -OCH3 is 1. The van der Waals surface area contributed by atoms with Crippen LogP contribution >= 0.6 is 19.6 Å². The number of phosphoric acid groups is 1. The van der Waals surface area contributed by atoms with Gasteiger partial charge in [-0.1, -0.05) is 36.0 Å². The van der Waals surface area contributed by atoms with Crippen LogP contribution in [-0.4, -0.2) is 14.2 Å². The summed E-state index contributed by atoms with van der Waals surface area (Å²) in [5.74, 6) is 0.855. The minimum atomic E-state index is -4.42. The maximum atomic E-state index is 11.8. The molecular formula is C16H14NaO5PS. The summed E-state index contributed by atoms with van der Waals surface area (Å²) >= 11 is 1.50. The van der Waals surface area contributed by atoms with Gasteiger partial charge in [0.2, 0.25) is 0 Å². The summed E-state index contributed by atoms with van der Waals surface area (Å²) in [4.78, 5) is 13.5. The minimum Gasteiger partial charge on any atom is -0.746 e. The second-order valence-corrected chi connectivity index (χ2v) is 7.20. The number of fused-ring (bicyclic) bond motifs is 2. The van der Waals surface area contributed by atoms with Crippen molar-refractivity contribution in [3.05, 3.63) is 53.6 Å². The van der Waals surface area contributed by atoms with Crippen LogP contribution in [0.15, 0.2) is 52.3 Å². The van der Waals surface area contributed by atoms with E-state index in [9.17, 15) is 9.46 Å². The normalized spacial score (nSPS) is 14.9. The van der Waals surface area contributed by atoms with Gasteiger partial charge < -0.3 is 18.7 Å². The molecule has 0 fully saturated rings. The number of benzene rings is 2. The Hall–Kier alpha value is -0.720. The zero-order valence-electron chi connectivity index (χ0n) is 13.5. The third-order valence-electron chi connectivity index (χ3n) is 3.32. The molecule has 0 saturated carbocycles. The van der Waals surface area contributed by atoms with Crippen molar-refractivity contribution in [1.29, 1.82) is 0 Å². The van der Waals surface area contributed by atoms with Crippen LogP contribution < -0.4 is 39.2 Å². The van der Waals surface area contributed by atoms with Crippen LogP contribution in [0.3, 0.4) is 0 Å². The van der Waals surface area contributed by atoms with Crippen LogP contribution in [0.2, 0.25) is 0 Å². The summed E-state index contributed by atoms with van der Waals surface area (Å²) in [6, 6.07) is 13.1. The fourth-order valence-electron chi connectivity index (χ4n) is 2.23. The van der Waals surface area contributed by atoms with Crippen molar-refractivity contribution >= 4 is 31.4 Å². The molecule has 0 bridgehead atoms. The summed E-state index contributed by atoms with van der Waals surface area (Å²) in [5.41, 5.74) is 1.50. The molecule has 1 aliphatic heterocycles. The monoisotopic (exact) mass is 372 g/mol. The minimum absolute atomic E-state index is 0. The Morgan fingerprint density at radius 1 is 1.08 bits per heavy atom. The fourth-order valence-corrected chi connectivity index (χ4v) is 3.84. The van der Waals surface area contributed by atoms with Crippen LogP contribution in [0, 0.1) is 0 Å². The van der Waals surface area contributed by atoms with Crippen LogP contribution in [0.25, 0.3) is 11.8 Å². The maximum absolute atomic E-state index is 11.8. The molecule has 0 aliphatic carbocycles. The SMILES string of the molecule is COc1cccc2c1Sc1ccccc1C=C2OP(=O)([O-])OC.[Na+]. The van der Waals surface area contributed by atoms with Crippen molar-refractivity contribution in [3.8, 4) is 5.75 Å². The van der Waals surface area contributed by atoms with E-state index in [1.54, 1.807) is 25.3 Å². The molecule has 0 N–H and O–H groups in total. The second-order valence-electron chi connectivity index (χ2n) is 4.71. The summed E-state index contributed by atoms with van der Waals surface area (Å²) in [6.45, 7) is 0. The predicted octanol–water partition coefficient (Wildman–Crippen LogP) is 0.793. The van der Waals surface area contributed by atoms with E-state index in [4.69, 9.17) is 9.26 Å². The zero-order valence-corrected chi connectivity index (χ0v) is 17.2. The molecule has 3 rings (SSSR count). The third kappa shape index (κ3) is 4.09. The smallest absolute Gasteiger partial charge is 0.746 e. The summed E-state index contributed by atoms with van der Waals surface area (Å²) in [5, 5.41) is 0. The van der Waals surface area contributed by atoms with E-state index < -0.39 is 7.82 Å². The maximum Gasteiger partial charge on any atom is 1.00 e. The fraction of sp³-hybridized carbons (Fsp3) is 0.125. The molecule has 1 atom stereocenters. The molecule has 0 aromatic heterocycles. The quantitative estimate of drug-likeness (QED) is 0.584. The van der Waals surface area contributed by atoms with E-state index in [-0.39, 0.29) is 35.3 Å². The van der Waals surface area contributed by atoms with E-state index in [0.29, 0.717) is 11.3 Å². The van der Waals surface area contributed by atoms with Gasteiger partial charge in [0, 0.05) is 17.6 Å². The van der Waals surface area contributed by atoms with Gasteiger partial charge in [-0.2, -0.15) is 0 Å². The molecule has 0 amide bonds. The van der Waals surface area contributed by atoms with Crippen molar-refractivity contribution in [2.45, 2.75) is 9.79 Å². The van der Waals surface area contributed by atoms with Crippen molar-refractivity contribution < 1.29 is 52.8 Å². The molecule has 1 heterocycles. The molecule has 120 valence electrons. The van der Waals surface area contributed by atoms with Gasteiger partial charge in [-0.15, -0.1) is 0 Å². The van der Waals surface area contributed by atoms with E-state index in [1.807, 2.05) is 30.3 Å². The Bertz CT molecular complexity index is 824. The van der Waals surface area contributed by atoms with E-state index in [1.165, 1.54) is 11.8 Å². The second kappa shape index (κ2) is 8.11. The van der Waals surface area contributed by atoms with E-state index in [0.717, 1.165) is 22.5 Å². The van der Waals surface area contributed by atoms with Gasteiger partial charge >= 0.3 is 37.4 Å². The molecule has 24 heavy (non-hydrogen) atoms. The van der Waals surface area contributed by atoms with Gasteiger partial charge in [0.05, 0.1) is 12.0 Å². The first kappa shape index (κ1) is 19.6. The Balaban J connectivity index is 0.00000208. The van der Waals surface area contributed by atoms with Gasteiger partial charge in [-0.05, 0) is 29.8 Å². The Kier molecular flexibility index (Phi) is 6.62. The van der Waals surface area contributed by atoms with Gasteiger partial charge in [-0.25, -0.2) is 0 Å². The molecule has 8 heteroatoms.